The van der Waals surface area contributed by atoms with Crippen molar-refractivity contribution in [3.05, 3.63) is 108 Å². The molecule has 3 aromatic heterocycles. The Labute approximate surface area is 324 Å². The number of benzene rings is 2. The Bertz CT molecular complexity index is 2060. The third kappa shape index (κ3) is 8.87. The van der Waals surface area contributed by atoms with Crippen molar-refractivity contribution in [1.29, 1.82) is 0 Å². The number of rotatable bonds is 13. The number of fused-ring (bicyclic) bond motifs is 1. The van der Waals surface area contributed by atoms with Crippen molar-refractivity contribution >= 4 is 40.6 Å². The maximum atomic E-state index is 13.6. The first-order chi connectivity index (χ1) is 27.2. The van der Waals surface area contributed by atoms with E-state index in [1.807, 2.05) is 54.6 Å². The van der Waals surface area contributed by atoms with Gasteiger partial charge in [-0.15, -0.1) is 0 Å². The van der Waals surface area contributed by atoms with Crippen LogP contribution in [0, 0.1) is 0 Å². The second-order valence-electron chi connectivity index (χ2n) is 14.2. The molecule has 56 heavy (non-hydrogen) atoms. The summed E-state index contributed by atoms with van der Waals surface area (Å²) in [6.45, 7) is 3.61. The van der Waals surface area contributed by atoms with Crippen LogP contribution in [0.4, 0.5) is 16.4 Å². The molecular formula is C40H47N11O5. The quantitative estimate of drug-likeness (QED) is 0.0866. The number of aliphatic hydroxyl groups excluding tert-OH is 2. The molecule has 1 unspecified atom stereocenters. The van der Waals surface area contributed by atoms with Crippen LogP contribution >= 0.6 is 0 Å². The maximum Gasteiger partial charge on any atom is 0.315 e. The molecule has 5 aromatic rings. The molecule has 0 spiro atoms. The summed E-state index contributed by atoms with van der Waals surface area (Å²) in [6.07, 6.45) is 2.60. The number of carbonyl (C=O) groups is 3. The average Bonchev–Trinajstić information content (AvgIpc) is 3.77. The first-order valence-corrected chi connectivity index (χ1v) is 18.9. The molecule has 0 bridgehead atoms. The Morgan fingerprint density at radius 1 is 0.821 bits per heavy atom. The molecule has 2 fully saturated rings. The van der Waals surface area contributed by atoms with E-state index in [-0.39, 0.29) is 54.9 Å². The average molecular weight is 762 g/mol. The van der Waals surface area contributed by atoms with Crippen molar-refractivity contribution in [3.8, 4) is 0 Å². The summed E-state index contributed by atoms with van der Waals surface area (Å²) in [5, 5.41) is 36.6. The first kappa shape index (κ1) is 38.2. The third-order valence-electron chi connectivity index (χ3n) is 10.4. The lowest BCUT2D eigenvalue weighted by molar-refractivity contribution is -0.120. The van der Waals surface area contributed by atoms with E-state index in [9.17, 15) is 24.6 Å². The Hall–Kier alpha value is -6.13. The molecule has 16 heteroatoms. The number of carbonyl (C=O) groups excluding carboxylic acids is 3. The number of amides is 4. The zero-order chi connectivity index (χ0) is 39.0. The lowest BCUT2D eigenvalue weighted by atomic mass is 9.91. The molecule has 2 aromatic carbocycles. The van der Waals surface area contributed by atoms with E-state index in [1.165, 1.54) is 13.3 Å². The maximum absolute atomic E-state index is 13.6. The van der Waals surface area contributed by atoms with E-state index >= 15 is 0 Å². The number of anilines is 2. The number of hydrogen-bond acceptors (Lipinski definition) is 11. The van der Waals surface area contributed by atoms with E-state index in [0.29, 0.717) is 17.9 Å². The molecule has 1 aliphatic carbocycles. The summed E-state index contributed by atoms with van der Waals surface area (Å²) in [4.78, 5) is 58.6. The van der Waals surface area contributed by atoms with E-state index in [2.05, 4.69) is 75.7 Å². The highest BCUT2D eigenvalue weighted by Gasteiger charge is 2.43. The number of pyridine rings is 1. The number of aromatic nitrogens is 5. The largest absolute Gasteiger partial charge is 0.388 e. The van der Waals surface area contributed by atoms with Crippen molar-refractivity contribution in [1.82, 2.24) is 45.8 Å². The third-order valence-corrected chi connectivity index (χ3v) is 10.4. The van der Waals surface area contributed by atoms with Crippen molar-refractivity contribution in [2.45, 2.75) is 62.4 Å². The first-order valence-electron chi connectivity index (χ1n) is 18.9. The van der Waals surface area contributed by atoms with Gasteiger partial charge in [-0.1, -0.05) is 66.7 Å². The summed E-state index contributed by atoms with van der Waals surface area (Å²) in [5.41, 5.74) is 2.81. The van der Waals surface area contributed by atoms with Crippen molar-refractivity contribution in [2.24, 2.45) is 0 Å². The number of piperidine rings is 1. The van der Waals surface area contributed by atoms with Gasteiger partial charge in [0.15, 0.2) is 11.5 Å². The minimum atomic E-state index is -1.24. The van der Waals surface area contributed by atoms with E-state index in [4.69, 9.17) is 0 Å². The number of hydrogen-bond donors (Lipinski definition) is 7. The molecule has 4 heterocycles. The van der Waals surface area contributed by atoms with Crippen LogP contribution in [0.5, 0.6) is 0 Å². The fraction of sp³-hybridized carbons (Fsp3) is 0.375. The van der Waals surface area contributed by atoms with Crippen LogP contribution in [0.2, 0.25) is 0 Å². The molecule has 16 nitrogen and oxygen atoms in total. The summed E-state index contributed by atoms with van der Waals surface area (Å²) >= 11 is 0. The molecule has 292 valence electrons. The molecule has 2 aliphatic rings. The van der Waals surface area contributed by atoms with Crippen LogP contribution in [-0.2, 0) is 4.79 Å². The second kappa shape index (κ2) is 17.6. The van der Waals surface area contributed by atoms with Crippen LogP contribution in [0.15, 0.2) is 91.4 Å². The lowest BCUT2D eigenvalue weighted by Crippen LogP contribution is -2.49. The molecule has 1 saturated heterocycles. The van der Waals surface area contributed by atoms with Gasteiger partial charge in [-0.25, -0.2) is 24.7 Å². The van der Waals surface area contributed by atoms with Gasteiger partial charge >= 0.3 is 6.03 Å². The Kier molecular flexibility index (Phi) is 12.0. The fourth-order valence-electron chi connectivity index (χ4n) is 7.53. The SMILES string of the molecule is CC(=O)N[C@H]1CC(n2cnc3c(NCC(c4ccccc4)c4ccccc4)nc(C(=O)NCCNC(=O)NC4CCN(c5ccccn5)CC4)nc32)[C@H](O)[C@@H]1O. The molecule has 7 rings (SSSR count). The predicted molar refractivity (Wildman–Crippen MR) is 210 cm³/mol. The number of imidazole rings is 1. The number of urea groups is 1. The molecule has 1 aliphatic heterocycles. The second-order valence-corrected chi connectivity index (χ2v) is 14.2. The minimum absolute atomic E-state index is 0.0249. The Morgan fingerprint density at radius 2 is 1.50 bits per heavy atom. The molecule has 7 N–H and O–H groups in total. The summed E-state index contributed by atoms with van der Waals surface area (Å²) in [7, 11) is 0. The molecule has 4 amide bonds. The van der Waals surface area contributed by atoms with Gasteiger partial charge in [0, 0.05) is 57.8 Å². The van der Waals surface area contributed by atoms with Crippen molar-refractivity contribution in [2.75, 3.05) is 42.9 Å². The Morgan fingerprint density at radius 3 is 2.16 bits per heavy atom. The van der Waals surface area contributed by atoms with E-state index in [1.54, 1.807) is 10.8 Å². The highest BCUT2D eigenvalue weighted by molar-refractivity contribution is 5.94. The van der Waals surface area contributed by atoms with Crippen LogP contribution in [-0.4, -0.2) is 110 Å². The normalized spacial score (nSPS) is 19.8. The van der Waals surface area contributed by atoms with Gasteiger partial charge in [0.25, 0.3) is 5.91 Å². The van der Waals surface area contributed by atoms with E-state index < -0.39 is 30.2 Å². The highest BCUT2D eigenvalue weighted by Crippen LogP contribution is 2.34. The van der Waals surface area contributed by atoms with Crippen LogP contribution < -0.4 is 31.5 Å². The van der Waals surface area contributed by atoms with Crippen molar-refractivity contribution in [3.63, 3.8) is 0 Å². The molecular weight excluding hydrogens is 715 g/mol. The lowest BCUT2D eigenvalue weighted by Gasteiger charge is -2.33. The van der Waals surface area contributed by atoms with Crippen LogP contribution in [0.3, 0.4) is 0 Å². The van der Waals surface area contributed by atoms with Crippen LogP contribution in [0.25, 0.3) is 11.2 Å². The number of nitrogens with zero attached hydrogens (tertiary/aromatic N) is 6. The minimum Gasteiger partial charge on any atom is -0.388 e. The molecule has 4 atom stereocenters. The van der Waals surface area contributed by atoms with Crippen molar-refractivity contribution < 1.29 is 24.6 Å². The monoisotopic (exact) mass is 761 g/mol. The van der Waals surface area contributed by atoms with Gasteiger partial charge in [0.2, 0.25) is 11.7 Å². The van der Waals surface area contributed by atoms with Crippen LogP contribution in [0.1, 0.15) is 59.9 Å². The molecule has 0 radical (unpaired) electrons. The van der Waals surface area contributed by atoms with E-state index in [0.717, 1.165) is 42.9 Å². The van der Waals surface area contributed by atoms with Gasteiger partial charge < -0.3 is 46.3 Å². The number of aliphatic hydroxyl groups is 2. The summed E-state index contributed by atoms with van der Waals surface area (Å²) in [5.74, 6) is 0.124. The predicted octanol–water partition coefficient (Wildman–Crippen LogP) is 2.33. The topological polar surface area (TPSA) is 212 Å². The van der Waals surface area contributed by atoms with Gasteiger partial charge in [-0.05, 0) is 42.5 Å². The Balaban J connectivity index is 1.04. The number of nitrogens with one attached hydrogen (secondary N) is 5. The highest BCUT2D eigenvalue weighted by atomic mass is 16.3. The fourth-order valence-corrected chi connectivity index (χ4v) is 7.53. The standard InChI is InChI=1S/C40H47N11O5/c1-25(52)46-30-22-31(35(54)34(30)53)51-24-45-33-36(44-23-29(26-10-4-2-5-11-26)27-12-6-3-7-13-27)48-37(49-38(33)51)39(55)42-18-19-43-40(56)47-28-15-20-50(21-16-28)32-14-8-9-17-41-32/h2-14,17,24,28-31,34-35,53-54H,15-16,18-23H2,1H3,(H,42,55)(H,46,52)(H2,43,47,56)(H,44,48,49)/t30-,31?,34+,35-/m0/s1. The summed E-state index contributed by atoms with van der Waals surface area (Å²) in [6, 6.07) is 24.3. The zero-order valence-corrected chi connectivity index (χ0v) is 31.1. The smallest absolute Gasteiger partial charge is 0.315 e. The van der Waals surface area contributed by atoms with Gasteiger partial charge in [0.1, 0.15) is 23.5 Å². The van der Waals surface area contributed by atoms with Gasteiger partial charge in [-0.3, -0.25) is 9.59 Å². The zero-order valence-electron chi connectivity index (χ0n) is 31.1. The van der Waals surface area contributed by atoms with Gasteiger partial charge in [-0.2, -0.15) is 0 Å². The summed E-state index contributed by atoms with van der Waals surface area (Å²) < 4.78 is 1.62. The molecule has 1 saturated carbocycles. The van der Waals surface area contributed by atoms with Gasteiger partial charge in [0.05, 0.1) is 18.4 Å².